The van der Waals surface area contributed by atoms with E-state index < -0.39 is 5.41 Å². The van der Waals surface area contributed by atoms with E-state index in [1.54, 1.807) is 6.07 Å². The van der Waals surface area contributed by atoms with Crippen molar-refractivity contribution in [3.8, 4) is 5.75 Å². The number of anilines is 1. The monoisotopic (exact) mass is 455 g/mol. The zero-order chi connectivity index (χ0) is 21.8. The van der Waals surface area contributed by atoms with Crippen LogP contribution in [0.3, 0.4) is 0 Å². The minimum absolute atomic E-state index is 0.0104. The zero-order valence-electron chi connectivity index (χ0n) is 17.7. The fraction of sp³-hybridized carbons (Fsp3) is 0.346. The van der Waals surface area contributed by atoms with Gasteiger partial charge in [-0.15, -0.1) is 0 Å². The van der Waals surface area contributed by atoms with Crippen molar-refractivity contribution in [3.05, 3.63) is 70.2 Å². The number of benzene rings is 3. The Morgan fingerprint density at radius 3 is 2.45 bits per heavy atom. The van der Waals surface area contributed by atoms with Crippen LogP contribution in [-0.4, -0.2) is 12.5 Å². The number of carbonyl (C=O) groups excluding carboxylic acids is 1. The van der Waals surface area contributed by atoms with Crippen molar-refractivity contribution in [3.63, 3.8) is 0 Å². The molecule has 0 spiro atoms. The average Bonchev–Trinajstić information content (AvgIpc) is 2.79. The number of amides is 1. The third-order valence-electron chi connectivity index (χ3n) is 6.18. The SMILES string of the molecule is CCCOc1ccc(NC(=O)C2(c3ccc(Cl)cc3Cl)CCCCC2)c2ccccc12. The van der Waals surface area contributed by atoms with Gasteiger partial charge < -0.3 is 10.1 Å². The summed E-state index contributed by atoms with van der Waals surface area (Å²) in [5.41, 5.74) is 1.00. The van der Waals surface area contributed by atoms with Crippen LogP contribution in [-0.2, 0) is 10.2 Å². The summed E-state index contributed by atoms with van der Waals surface area (Å²) in [5.74, 6) is 0.826. The molecule has 0 bridgehead atoms. The maximum atomic E-state index is 13.8. The van der Waals surface area contributed by atoms with Crippen molar-refractivity contribution in [1.29, 1.82) is 0 Å². The number of ether oxygens (including phenoxy) is 1. The summed E-state index contributed by atoms with van der Waals surface area (Å²) in [5, 5.41) is 6.33. The Balaban J connectivity index is 1.72. The van der Waals surface area contributed by atoms with Gasteiger partial charge >= 0.3 is 0 Å². The Morgan fingerprint density at radius 2 is 1.74 bits per heavy atom. The third kappa shape index (κ3) is 4.40. The van der Waals surface area contributed by atoms with Gasteiger partial charge in [0.2, 0.25) is 5.91 Å². The van der Waals surface area contributed by atoms with Gasteiger partial charge in [0.25, 0.3) is 0 Å². The predicted octanol–water partition coefficient (Wildman–Crippen LogP) is 7.78. The lowest BCUT2D eigenvalue weighted by atomic mass is 9.68. The summed E-state index contributed by atoms with van der Waals surface area (Å²) in [6, 6.07) is 17.4. The zero-order valence-corrected chi connectivity index (χ0v) is 19.2. The first-order valence-corrected chi connectivity index (χ1v) is 11.7. The topological polar surface area (TPSA) is 38.3 Å². The lowest BCUT2D eigenvalue weighted by Gasteiger charge is -2.37. The second-order valence-corrected chi connectivity index (χ2v) is 9.07. The molecule has 1 saturated carbocycles. The number of nitrogens with one attached hydrogen (secondary N) is 1. The summed E-state index contributed by atoms with van der Waals surface area (Å²) in [6.07, 6.45) is 5.61. The van der Waals surface area contributed by atoms with E-state index in [0.717, 1.165) is 66.3 Å². The summed E-state index contributed by atoms with van der Waals surface area (Å²) >= 11 is 12.7. The Kier molecular flexibility index (Phi) is 6.74. The minimum atomic E-state index is -0.654. The molecule has 0 heterocycles. The van der Waals surface area contributed by atoms with Gasteiger partial charge in [-0.3, -0.25) is 4.79 Å². The molecular formula is C26H27Cl2NO2. The number of halogens is 2. The van der Waals surface area contributed by atoms with Crippen molar-refractivity contribution in [2.45, 2.75) is 50.9 Å². The van der Waals surface area contributed by atoms with Crippen molar-refractivity contribution >= 4 is 45.6 Å². The Labute approximate surface area is 193 Å². The van der Waals surface area contributed by atoms with Gasteiger partial charge in [-0.2, -0.15) is 0 Å². The molecule has 1 fully saturated rings. The van der Waals surface area contributed by atoms with Gasteiger partial charge in [0.05, 0.1) is 12.0 Å². The normalized spacial score (nSPS) is 15.6. The first-order chi connectivity index (χ1) is 15.0. The number of fused-ring (bicyclic) bond motifs is 1. The highest BCUT2D eigenvalue weighted by molar-refractivity contribution is 6.35. The average molecular weight is 456 g/mol. The highest BCUT2D eigenvalue weighted by atomic mass is 35.5. The van der Waals surface area contributed by atoms with Gasteiger partial charge in [0.1, 0.15) is 5.75 Å². The smallest absolute Gasteiger partial charge is 0.235 e. The summed E-state index contributed by atoms with van der Waals surface area (Å²) < 4.78 is 5.92. The molecule has 0 saturated heterocycles. The number of hydrogen-bond donors (Lipinski definition) is 1. The molecule has 3 aromatic carbocycles. The Bertz CT molecular complexity index is 1090. The van der Waals surface area contributed by atoms with Gasteiger partial charge in [0, 0.05) is 26.5 Å². The molecule has 0 atom stereocenters. The molecular weight excluding hydrogens is 429 g/mol. The molecule has 31 heavy (non-hydrogen) atoms. The first-order valence-electron chi connectivity index (χ1n) is 11.0. The fourth-order valence-corrected chi connectivity index (χ4v) is 5.20. The molecule has 1 aliphatic rings. The van der Waals surface area contributed by atoms with Crippen LogP contribution in [0.25, 0.3) is 10.8 Å². The molecule has 0 aromatic heterocycles. The summed E-state index contributed by atoms with van der Waals surface area (Å²) in [7, 11) is 0. The summed E-state index contributed by atoms with van der Waals surface area (Å²) in [6.45, 7) is 2.75. The van der Waals surface area contributed by atoms with E-state index in [-0.39, 0.29) is 5.91 Å². The third-order valence-corrected chi connectivity index (χ3v) is 6.73. The largest absolute Gasteiger partial charge is 0.493 e. The van der Waals surface area contributed by atoms with E-state index in [1.807, 2.05) is 48.5 Å². The predicted molar refractivity (Wildman–Crippen MR) is 130 cm³/mol. The fourth-order valence-electron chi connectivity index (χ4n) is 4.61. The number of rotatable bonds is 6. The van der Waals surface area contributed by atoms with E-state index in [9.17, 15) is 4.79 Å². The molecule has 1 N–H and O–H groups in total. The molecule has 162 valence electrons. The van der Waals surface area contributed by atoms with Crippen LogP contribution >= 0.6 is 23.2 Å². The lowest BCUT2D eigenvalue weighted by Crippen LogP contribution is -2.42. The maximum Gasteiger partial charge on any atom is 0.235 e. The van der Waals surface area contributed by atoms with Crippen LogP contribution in [0.15, 0.2) is 54.6 Å². The van der Waals surface area contributed by atoms with Crippen molar-refractivity contribution in [2.75, 3.05) is 11.9 Å². The van der Waals surface area contributed by atoms with Crippen LogP contribution in [0.5, 0.6) is 5.75 Å². The van der Waals surface area contributed by atoms with E-state index >= 15 is 0 Å². The van der Waals surface area contributed by atoms with Crippen molar-refractivity contribution < 1.29 is 9.53 Å². The molecule has 3 nitrogen and oxygen atoms in total. The van der Waals surface area contributed by atoms with Crippen LogP contribution in [0.2, 0.25) is 10.0 Å². The first kappa shape index (κ1) is 22.0. The van der Waals surface area contributed by atoms with Crippen molar-refractivity contribution in [1.82, 2.24) is 0 Å². The molecule has 1 amide bonds. The number of hydrogen-bond acceptors (Lipinski definition) is 2. The lowest BCUT2D eigenvalue weighted by molar-refractivity contribution is -0.122. The van der Waals surface area contributed by atoms with E-state index in [4.69, 9.17) is 27.9 Å². The maximum absolute atomic E-state index is 13.8. The van der Waals surface area contributed by atoms with Crippen LogP contribution < -0.4 is 10.1 Å². The second-order valence-electron chi connectivity index (χ2n) is 8.23. The van der Waals surface area contributed by atoms with Crippen LogP contribution in [0, 0.1) is 0 Å². The van der Waals surface area contributed by atoms with Gasteiger partial charge in [-0.1, -0.05) is 79.7 Å². The molecule has 0 aliphatic heterocycles. The van der Waals surface area contributed by atoms with Gasteiger partial charge in [-0.25, -0.2) is 0 Å². The van der Waals surface area contributed by atoms with E-state index in [0.29, 0.717) is 16.7 Å². The standard InChI is InChI=1S/C26H27Cl2NO2/c1-2-16-31-24-13-12-23(19-8-4-5-9-20(19)24)29-25(30)26(14-6-3-7-15-26)21-11-10-18(27)17-22(21)28/h4-5,8-13,17H,2-3,6-7,14-16H2,1H3,(H,29,30). The van der Waals surface area contributed by atoms with Crippen LogP contribution in [0.1, 0.15) is 51.0 Å². The second kappa shape index (κ2) is 9.50. The molecule has 1 aliphatic carbocycles. The highest BCUT2D eigenvalue weighted by Crippen LogP contribution is 2.44. The van der Waals surface area contributed by atoms with Gasteiger partial charge in [0.15, 0.2) is 0 Å². The van der Waals surface area contributed by atoms with E-state index in [1.165, 1.54) is 0 Å². The summed E-state index contributed by atoms with van der Waals surface area (Å²) in [4.78, 5) is 13.8. The minimum Gasteiger partial charge on any atom is -0.493 e. The van der Waals surface area contributed by atoms with Crippen molar-refractivity contribution in [2.24, 2.45) is 0 Å². The molecule has 5 heteroatoms. The number of carbonyl (C=O) groups is 1. The Hall–Kier alpha value is -2.23. The quantitative estimate of drug-likeness (QED) is 0.411. The Morgan fingerprint density at radius 1 is 1.00 bits per heavy atom. The van der Waals surface area contributed by atoms with E-state index in [2.05, 4.69) is 12.2 Å². The molecule has 0 radical (unpaired) electrons. The van der Waals surface area contributed by atoms with Gasteiger partial charge in [-0.05, 0) is 49.1 Å². The molecule has 3 aromatic rings. The molecule has 0 unspecified atom stereocenters. The van der Waals surface area contributed by atoms with Crippen LogP contribution in [0.4, 0.5) is 5.69 Å². The molecule has 4 rings (SSSR count). The highest BCUT2D eigenvalue weighted by Gasteiger charge is 2.42.